The Morgan fingerprint density at radius 1 is 1.45 bits per heavy atom. The van der Waals surface area contributed by atoms with Crippen LogP contribution in [0.2, 0.25) is 0 Å². The molecule has 0 amide bonds. The molecule has 0 saturated carbocycles. The topological polar surface area (TPSA) is 12.9 Å². The summed E-state index contributed by atoms with van der Waals surface area (Å²) in [4.78, 5) is 4.32. The maximum Gasteiger partial charge on any atom is 0.0897 e. The molecule has 1 aromatic heterocycles. The first-order chi connectivity index (χ1) is 5.33. The zero-order chi connectivity index (χ0) is 8.69. The largest absolute Gasteiger partial charge is 0.247 e. The highest BCUT2D eigenvalue weighted by atomic mass is 32.1. The van der Waals surface area contributed by atoms with Gasteiger partial charge in [0.25, 0.3) is 0 Å². The molecule has 0 aromatic carbocycles. The highest BCUT2D eigenvalue weighted by molar-refractivity contribution is 7.09. The first-order valence-electron chi connectivity index (χ1n) is 4.24. The van der Waals surface area contributed by atoms with Gasteiger partial charge in [0, 0.05) is 5.38 Å². The SMILES string of the molecule is CC.CCCc1csc(C)n1. The Balaban J connectivity index is 0.000000461. The Morgan fingerprint density at radius 2 is 2.09 bits per heavy atom. The van der Waals surface area contributed by atoms with Crippen LogP contribution in [0.1, 0.15) is 37.9 Å². The summed E-state index contributed by atoms with van der Waals surface area (Å²) in [7, 11) is 0. The molecule has 0 aliphatic heterocycles. The predicted octanol–water partition coefficient (Wildman–Crippen LogP) is 3.43. The standard InChI is InChI=1S/C7H11NS.C2H6/c1-3-4-7-5-9-6(2)8-7;1-2/h5H,3-4H2,1-2H3;1-2H3. The number of thiazole rings is 1. The fourth-order valence-electron chi connectivity index (χ4n) is 0.779. The summed E-state index contributed by atoms with van der Waals surface area (Å²) in [5.74, 6) is 0. The fourth-order valence-corrected chi connectivity index (χ4v) is 1.43. The molecular weight excluding hydrogens is 154 g/mol. The van der Waals surface area contributed by atoms with Gasteiger partial charge in [0.2, 0.25) is 0 Å². The normalized spacial score (nSPS) is 8.73. The van der Waals surface area contributed by atoms with Crippen LogP contribution in [0.3, 0.4) is 0 Å². The Hall–Kier alpha value is -0.370. The van der Waals surface area contributed by atoms with Gasteiger partial charge in [-0.05, 0) is 13.3 Å². The molecule has 1 nitrogen and oxygen atoms in total. The second-order valence-corrected chi connectivity index (χ2v) is 3.17. The van der Waals surface area contributed by atoms with E-state index in [2.05, 4.69) is 17.3 Å². The third kappa shape index (κ3) is 4.14. The summed E-state index contributed by atoms with van der Waals surface area (Å²) in [5.41, 5.74) is 1.25. The lowest BCUT2D eigenvalue weighted by Gasteiger charge is -1.85. The van der Waals surface area contributed by atoms with Gasteiger partial charge in [-0.2, -0.15) is 0 Å². The van der Waals surface area contributed by atoms with Gasteiger partial charge in [0.1, 0.15) is 0 Å². The van der Waals surface area contributed by atoms with E-state index in [1.807, 2.05) is 20.8 Å². The Kier molecular flexibility index (Phi) is 6.13. The van der Waals surface area contributed by atoms with Gasteiger partial charge in [-0.25, -0.2) is 4.98 Å². The Labute approximate surface area is 73.5 Å². The van der Waals surface area contributed by atoms with Crippen LogP contribution in [0.15, 0.2) is 5.38 Å². The smallest absolute Gasteiger partial charge is 0.0897 e. The minimum absolute atomic E-state index is 1.13. The molecule has 1 aromatic rings. The van der Waals surface area contributed by atoms with E-state index in [-0.39, 0.29) is 0 Å². The van der Waals surface area contributed by atoms with E-state index in [9.17, 15) is 0 Å². The van der Waals surface area contributed by atoms with Crippen LogP contribution in [-0.2, 0) is 6.42 Å². The molecule has 0 spiro atoms. The van der Waals surface area contributed by atoms with Crippen LogP contribution in [-0.4, -0.2) is 4.98 Å². The molecule has 0 atom stereocenters. The van der Waals surface area contributed by atoms with Crippen LogP contribution in [0.25, 0.3) is 0 Å². The molecule has 0 aliphatic rings. The Bertz CT molecular complexity index is 181. The van der Waals surface area contributed by atoms with Crippen molar-refractivity contribution in [3.8, 4) is 0 Å². The monoisotopic (exact) mass is 171 g/mol. The molecule has 0 N–H and O–H groups in total. The van der Waals surface area contributed by atoms with Crippen molar-refractivity contribution < 1.29 is 0 Å². The molecule has 0 aliphatic carbocycles. The van der Waals surface area contributed by atoms with Gasteiger partial charge < -0.3 is 0 Å². The lowest BCUT2D eigenvalue weighted by atomic mass is 10.3. The van der Waals surface area contributed by atoms with E-state index in [0.29, 0.717) is 0 Å². The number of hydrogen-bond donors (Lipinski definition) is 0. The van der Waals surface area contributed by atoms with Crippen LogP contribution < -0.4 is 0 Å². The molecule has 2 heteroatoms. The lowest BCUT2D eigenvalue weighted by molar-refractivity contribution is 0.888. The van der Waals surface area contributed by atoms with E-state index in [4.69, 9.17) is 0 Å². The summed E-state index contributed by atoms with van der Waals surface area (Å²) < 4.78 is 0. The third-order valence-corrected chi connectivity index (χ3v) is 2.00. The van der Waals surface area contributed by atoms with Crippen molar-refractivity contribution in [2.75, 3.05) is 0 Å². The van der Waals surface area contributed by atoms with Crippen molar-refractivity contribution >= 4 is 11.3 Å². The molecule has 0 saturated heterocycles. The predicted molar refractivity (Wildman–Crippen MR) is 52.2 cm³/mol. The average molecular weight is 171 g/mol. The van der Waals surface area contributed by atoms with Crippen molar-refractivity contribution in [3.05, 3.63) is 16.1 Å². The molecule has 1 rings (SSSR count). The summed E-state index contributed by atoms with van der Waals surface area (Å²) in [5, 5.41) is 3.32. The lowest BCUT2D eigenvalue weighted by Crippen LogP contribution is -1.81. The zero-order valence-electron chi connectivity index (χ0n) is 7.85. The first kappa shape index (κ1) is 10.6. The van der Waals surface area contributed by atoms with Crippen molar-refractivity contribution in [2.45, 2.75) is 40.5 Å². The molecule has 0 unspecified atom stereocenters. The van der Waals surface area contributed by atoms with Crippen molar-refractivity contribution in [2.24, 2.45) is 0 Å². The quantitative estimate of drug-likeness (QED) is 0.664. The molecule has 0 bridgehead atoms. The summed E-state index contributed by atoms with van der Waals surface area (Å²) >= 11 is 1.73. The second kappa shape index (κ2) is 6.35. The number of rotatable bonds is 2. The van der Waals surface area contributed by atoms with E-state index in [1.165, 1.54) is 17.1 Å². The number of aromatic nitrogens is 1. The number of nitrogens with zero attached hydrogens (tertiary/aromatic N) is 1. The van der Waals surface area contributed by atoms with Crippen LogP contribution in [0, 0.1) is 6.92 Å². The van der Waals surface area contributed by atoms with Gasteiger partial charge in [0.05, 0.1) is 10.7 Å². The Morgan fingerprint density at radius 3 is 2.45 bits per heavy atom. The molecule has 0 radical (unpaired) electrons. The summed E-state index contributed by atoms with van der Waals surface area (Å²) in [6.45, 7) is 8.22. The maximum absolute atomic E-state index is 4.32. The van der Waals surface area contributed by atoms with Crippen molar-refractivity contribution in [1.82, 2.24) is 4.98 Å². The number of aryl methyl sites for hydroxylation is 2. The maximum atomic E-state index is 4.32. The minimum Gasteiger partial charge on any atom is -0.247 e. The molecule has 1 heterocycles. The zero-order valence-corrected chi connectivity index (χ0v) is 8.66. The van der Waals surface area contributed by atoms with Crippen LogP contribution in [0.5, 0.6) is 0 Å². The third-order valence-electron chi connectivity index (χ3n) is 1.17. The molecule has 11 heavy (non-hydrogen) atoms. The molecular formula is C9H17NS. The first-order valence-corrected chi connectivity index (χ1v) is 5.12. The van der Waals surface area contributed by atoms with E-state index < -0.39 is 0 Å². The minimum atomic E-state index is 1.13. The van der Waals surface area contributed by atoms with Gasteiger partial charge >= 0.3 is 0 Å². The fraction of sp³-hybridized carbons (Fsp3) is 0.667. The van der Waals surface area contributed by atoms with Crippen LogP contribution >= 0.6 is 11.3 Å². The molecule has 64 valence electrons. The highest BCUT2D eigenvalue weighted by Gasteiger charge is 1.93. The van der Waals surface area contributed by atoms with Gasteiger partial charge in [0.15, 0.2) is 0 Å². The van der Waals surface area contributed by atoms with Gasteiger partial charge in [-0.3, -0.25) is 0 Å². The summed E-state index contributed by atoms with van der Waals surface area (Å²) in [6, 6.07) is 0. The highest BCUT2D eigenvalue weighted by Crippen LogP contribution is 2.08. The molecule has 0 fully saturated rings. The van der Waals surface area contributed by atoms with Crippen molar-refractivity contribution in [3.63, 3.8) is 0 Å². The van der Waals surface area contributed by atoms with Gasteiger partial charge in [-0.15, -0.1) is 11.3 Å². The van der Waals surface area contributed by atoms with E-state index in [0.717, 1.165) is 6.42 Å². The average Bonchev–Trinajstić information content (AvgIpc) is 2.41. The van der Waals surface area contributed by atoms with E-state index >= 15 is 0 Å². The van der Waals surface area contributed by atoms with Crippen LogP contribution in [0.4, 0.5) is 0 Å². The van der Waals surface area contributed by atoms with E-state index in [1.54, 1.807) is 11.3 Å². The summed E-state index contributed by atoms with van der Waals surface area (Å²) in [6.07, 6.45) is 2.33. The number of hydrogen-bond acceptors (Lipinski definition) is 2. The van der Waals surface area contributed by atoms with Crippen molar-refractivity contribution in [1.29, 1.82) is 0 Å². The second-order valence-electron chi connectivity index (χ2n) is 2.11. The van der Waals surface area contributed by atoms with Gasteiger partial charge in [-0.1, -0.05) is 27.2 Å².